The zero-order chi connectivity index (χ0) is 20.3. The summed E-state index contributed by atoms with van der Waals surface area (Å²) in [4.78, 5) is 31.7. The number of pyridine rings is 1. The smallest absolute Gasteiger partial charge is 0.321 e. The van der Waals surface area contributed by atoms with Crippen LogP contribution < -0.4 is 10.6 Å². The zero-order valence-corrected chi connectivity index (χ0v) is 16.7. The van der Waals surface area contributed by atoms with E-state index in [1.165, 1.54) is 0 Å². The van der Waals surface area contributed by atoms with Gasteiger partial charge >= 0.3 is 6.03 Å². The molecule has 4 rings (SSSR count). The Morgan fingerprint density at radius 3 is 2.55 bits per heavy atom. The summed E-state index contributed by atoms with van der Waals surface area (Å²) in [5.74, 6) is -0.385. The van der Waals surface area contributed by atoms with Crippen LogP contribution in [0.3, 0.4) is 0 Å². The molecule has 0 saturated carbocycles. The minimum atomic E-state index is -0.303. The number of ether oxygens (including phenoxy) is 1. The van der Waals surface area contributed by atoms with Gasteiger partial charge in [-0.1, -0.05) is 11.6 Å². The highest BCUT2D eigenvalue weighted by atomic mass is 35.5. The SMILES string of the molecule is O=C(Nc1cccnc1)C1CN(C(=O)Nc2ccc(Cl)cc2)CC12CCOCC2. The third-order valence-corrected chi connectivity index (χ3v) is 6.02. The first-order chi connectivity index (χ1) is 14.1. The molecule has 1 spiro atoms. The van der Waals surface area contributed by atoms with Crippen molar-refractivity contribution in [3.05, 3.63) is 53.8 Å². The number of carbonyl (C=O) groups excluding carboxylic acids is 2. The molecule has 1 aromatic heterocycles. The number of hydrogen-bond acceptors (Lipinski definition) is 4. The number of benzene rings is 1. The summed E-state index contributed by atoms with van der Waals surface area (Å²) in [7, 11) is 0. The fourth-order valence-corrected chi connectivity index (χ4v) is 4.30. The van der Waals surface area contributed by atoms with E-state index < -0.39 is 0 Å². The Kier molecular flexibility index (Phi) is 5.69. The number of likely N-dealkylation sites (tertiary alicyclic amines) is 1. The molecule has 3 heterocycles. The molecule has 2 N–H and O–H groups in total. The van der Waals surface area contributed by atoms with Gasteiger partial charge in [0.05, 0.1) is 17.8 Å². The Labute approximate surface area is 174 Å². The van der Waals surface area contributed by atoms with Gasteiger partial charge in [-0.2, -0.15) is 0 Å². The van der Waals surface area contributed by atoms with Crippen LogP contribution in [0, 0.1) is 11.3 Å². The largest absolute Gasteiger partial charge is 0.381 e. The maximum Gasteiger partial charge on any atom is 0.321 e. The number of carbonyl (C=O) groups is 2. The number of nitrogens with zero attached hydrogens (tertiary/aromatic N) is 2. The van der Waals surface area contributed by atoms with E-state index in [0.717, 1.165) is 12.8 Å². The number of nitrogens with one attached hydrogen (secondary N) is 2. The maximum atomic E-state index is 13.1. The van der Waals surface area contributed by atoms with Gasteiger partial charge in [0, 0.05) is 48.6 Å². The molecule has 2 aliphatic rings. The number of anilines is 2. The van der Waals surface area contributed by atoms with Crippen LogP contribution in [0.4, 0.5) is 16.2 Å². The van der Waals surface area contributed by atoms with Gasteiger partial charge < -0.3 is 20.3 Å². The fraction of sp³-hybridized carbons (Fsp3) is 0.381. The Bertz CT molecular complexity index is 869. The number of aromatic nitrogens is 1. The van der Waals surface area contributed by atoms with Crippen LogP contribution in [0.25, 0.3) is 0 Å². The first-order valence-corrected chi connectivity index (χ1v) is 10.0. The molecule has 3 amide bonds. The molecule has 1 atom stereocenters. The lowest BCUT2D eigenvalue weighted by molar-refractivity contribution is -0.124. The standard InChI is InChI=1S/C21H23ClN4O3/c22-15-3-5-16(6-4-15)25-20(28)26-13-18(21(14-26)7-10-29-11-8-21)19(27)24-17-2-1-9-23-12-17/h1-6,9,12,18H,7-8,10-11,13-14H2,(H,24,27)(H,25,28). The highest BCUT2D eigenvalue weighted by Gasteiger charge is 2.51. The monoisotopic (exact) mass is 414 g/mol. The number of halogens is 1. The summed E-state index contributed by atoms with van der Waals surface area (Å²) >= 11 is 5.91. The Morgan fingerprint density at radius 1 is 1.10 bits per heavy atom. The van der Waals surface area contributed by atoms with Crippen molar-refractivity contribution in [2.24, 2.45) is 11.3 Å². The van der Waals surface area contributed by atoms with E-state index in [4.69, 9.17) is 16.3 Å². The van der Waals surface area contributed by atoms with E-state index in [2.05, 4.69) is 15.6 Å². The number of hydrogen-bond donors (Lipinski definition) is 2. The summed E-state index contributed by atoms with van der Waals surface area (Å²) in [6.07, 6.45) is 4.79. The summed E-state index contributed by atoms with van der Waals surface area (Å²) < 4.78 is 5.53. The topological polar surface area (TPSA) is 83.6 Å². The van der Waals surface area contributed by atoms with Gasteiger partial charge in [-0.05, 0) is 49.2 Å². The molecule has 0 radical (unpaired) electrons. The summed E-state index contributed by atoms with van der Waals surface area (Å²) in [5, 5.41) is 6.46. The van der Waals surface area contributed by atoms with Crippen LogP contribution in [-0.4, -0.2) is 48.1 Å². The lowest BCUT2D eigenvalue weighted by Gasteiger charge is -2.37. The highest BCUT2D eigenvalue weighted by molar-refractivity contribution is 6.30. The molecule has 1 unspecified atom stereocenters. The Hall–Kier alpha value is -2.64. The number of urea groups is 1. The molecule has 152 valence electrons. The minimum absolute atomic E-state index is 0.0818. The fourth-order valence-electron chi connectivity index (χ4n) is 4.17. The van der Waals surface area contributed by atoms with E-state index in [0.29, 0.717) is 42.7 Å². The molecular formula is C21H23ClN4O3. The summed E-state index contributed by atoms with van der Waals surface area (Å²) in [5.41, 5.74) is 1.05. The predicted octanol–water partition coefficient (Wildman–Crippen LogP) is 3.63. The second-order valence-corrected chi connectivity index (χ2v) is 8.01. The molecule has 2 aromatic rings. The van der Waals surface area contributed by atoms with Gasteiger partial charge in [-0.3, -0.25) is 9.78 Å². The quantitative estimate of drug-likeness (QED) is 0.803. The van der Waals surface area contributed by atoms with Crippen molar-refractivity contribution in [3.63, 3.8) is 0 Å². The predicted molar refractivity (Wildman–Crippen MR) is 111 cm³/mol. The summed E-state index contributed by atoms with van der Waals surface area (Å²) in [6.45, 7) is 2.10. The molecule has 0 bridgehead atoms. The van der Waals surface area contributed by atoms with Gasteiger partial charge in [0.1, 0.15) is 0 Å². The van der Waals surface area contributed by atoms with Crippen molar-refractivity contribution >= 4 is 34.9 Å². The van der Waals surface area contributed by atoms with Crippen molar-refractivity contribution < 1.29 is 14.3 Å². The molecule has 29 heavy (non-hydrogen) atoms. The van der Waals surface area contributed by atoms with Crippen LogP contribution in [0.5, 0.6) is 0 Å². The van der Waals surface area contributed by atoms with E-state index >= 15 is 0 Å². The van der Waals surface area contributed by atoms with Crippen molar-refractivity contribution in [1.82, 2.24) is 9.88 Å². The Morgan fingerprint density at radius 2 is 1.86 bits per heavy atom. The molecule has 8 heteroatoms. The van der Waals surface area contributed by atoms with Gasteiger partial charge in [0.25, 0.3) is 0 Å². The van der Waals surface area contributed by atoms with Gasteiger partial charge in [-0.15, -0.1) is 0 Å². The lowest BCUT2D eigenvalue weighted by Crippen LogP contribution is -2.42. The van der Waals surface area contributed by atoms with Crippen molar-refractivity contribution in [1.29, 1.82) is 0 Å². The molecule has 7 nitrogen and oxygen atoms in total. The number of amides is 3. The van der Waals surface area contributed by atoms with Crippen LogP contribution in [0.2, 0.25) is 5.02 Å². The first-order valence-electron chi connectivity index (χ1n) is 9.66. The molecule has 1 aromatic carbocycles. The lowest BCUT2D eigenvalue weighted by atomic mass is 9.71. The van der Waals surface area contributed by atoms with Crippen molar-refractivity contribution in [2.45, 2.75) is 12.8 Å². The van der Waals surface area contributed by atoms with Crippen LogP contribution in [0.15, 0.2) is 48.8 Å². The van der Waals surface area contributed by atoms with E-state index in [-0.39, 0.29) is 23.3 Å². The van der Waals surface area contributed by atoms with Crippen LogP contribution >= 0.6 is 11.6 Å². The van der Waals surface area contributed by atoms with Crippen LogP contribution in [0.1, 0.15) is 12.8 Å². The van der Waals surface area contributed by atoms with Gasteiger partial charge in [0.15, 0.2) is 0 Å². The third kappa shape index (κ3) is 4.36. The molecule has 2 aliphatic heterocycles. The summed E-state index contributed by atoms with van der Waals surface area (Å²) in [6, 6.07) is 10.3. The zero-order valence-electron chi connectivity index (χ0n) is 15.9. The highest BCUT2D eigenvalue weighted by Crippen LogP contribution is 2.45. The Balaban J connectivity index is 1.50. The van der Waals surface area contributed by atoms with Crippen LogP contribution in [-0.2, 0) is 9.53 Å². The van der Waals surface area contributed by atoms with E-state index in [1.807, 2.05) is 6.07 Å². The second-order valence-electron chi connectivity index (χ2n) is 7.58. The number of rotatable bonds is 3. The van der Waals surface area contributed by atoms with Gasteiger partial charge in [0.2, 0.25) is 5.91 Å². The van der Waals surface area contributed by atoms with Gasteiger partial charge in [-0.25, -0.2) is 4.79 Å². The third-order valence-electron chi connectivity index (χ3n) is 5.76. The van der Waals surface area contributed by atoms with E-state index in [9.17, 15) is 9.59 Å². The first kappa shape index (κ1) is 19.7. The average Bonchev–Trinajstić information content (AvgIpc) is 3.10. The minimum Gasteiger partial charge on any atom is -0.381 e. The van der Waals surface area contributed by atoms with Crippen molar-refractivity contribution in [2.75, 3.05) is 36.9 Å². The average molecular weight is 415 g/mol. The van der Waals surface area contributed by atoms with Crippen molar-refractivity contribution in [3.8, 4) is 0 Å². The second kappa shape index (κ2) is 8.39. The normalized spacial score (nSPS) is 20.4. The molecular weight excluding hydrogens is 392 g/mol. The molecule has 0 aliphatic carbocycles. The maximum absolute atomic E-state index is 13.1. The molecule has 2 fully saturated rings. The molecule has 2 saturated heterocycles. The van der Waals surface area contributed by atoms with E-state index in [1.54, 1.807) is 47.6 Å².